The minimum absolute atomic E-state index is 0.0937. The van der Waals surface area contributed by atoms with Crippen LogP contribution in [0.4, 0.5) is 4.39 Å². The van der Waals surface area contributed by atoms with Crippen molar-refractivity contribution in [3.05, 3.63) is 46.2 Å². The van der Waals surface area contributed by atoms with Crippen molar-refractivity contribution in [2.45, 2.75) is 48.2 Å². The van der Waals surface area contributed by atoms with Gasteiger partial charge in [-0.3, -0.25) is 4.79 Å². The van der Waals surface area contributed by atoms with Gasteiger partial charge in [0.2, 0.25) is 0 Å². The van der Waals surface area contributed by atoms with Crippen LogP contribution in [0, 0.1) is 24.1 Å². The van der Waals surface area contributed by atoms with Gasteiger partial charge in [0, 0.05) is 27.9 Å². The molecule has 7 heteroatoms. The third-order valence-corrected chi connectivity index (χ3v) is 6.59. The number of aryl methyl sites for hydroxylation is 1. The Morgan fingerprint density at radius 2 is 2.12 bits per heavy atom. The smallest absolute Gasteiger partial charge is 0.251 e. The lowest BCUT2D eigenvalue weighted by Crippen LogP contribution is -2.38. The second kappa shape index (κ2) is 7.98. The zero-order valence-corrected chi connectivity index (χ0v) is 15.4. The van der Waals surface area contributed by atoms with E-state index < -0.39 is 5.82 Å². The number of rotatable bonds is 4. The fraction of sp³-hybridized carbons (Fsp3) is 0.389. The molecule has 1 amide bonds. The van der Waals surface area contributed by atoms with E-state index in [2.05, 4.69) is 15.7 Å². The summed E-state index contributed by atoms with van der Waals surface area (Å²) in [5.74, 6) is -0.884. The maximum atomic E-state index is 13.5. The Labute approximate surface area is 154 Å². The Hall–Kier alpha value is -1.91. The molecule has 0 aliphatic heterocycles. The highest BCUT2D eigenvalue weighted by molar-refractivity contribution is 8.01. The van der Waals surface area contributed by atoms with E-state index in [1.165, 1.54) is 12.1 Å². The van der Waals surface area contributed by atoms with E-state index in [0.29, 0.717) is 5.25 Å². The molecule has 1 aliphatic rings. The van der Waals surface area contributed by atoms with Crippen LogP contribution in [0.2, 0.25) is 0 Å². The van der Waals surface area contributed by atoms with E-state index in [0.717, 1.165) is 41.8 Å². The van der Waals surface area contributed by atoms with E-state index in [1.807, 2.05) is 24.8 Å². The highest BCUT2D eigenvalue weighted by Crippen LogP contribution is 2.35. The summed E-state index contributed by atoms with van der Waals surface area (Å²) < 4.78 is 14.6. The topological polar surface area (TPSA) is 65.8 Å². The molecule has 0 atom stereocenters. The minimum atomic E-state index is -0.567. The van der Waals surface area contributed by atoms with Gasteiger partial charge in [0.25, 0.3) is 5.91 Å². The average molecular weight is 375 g/mol. The van der Waals surface area contributed by atoms with Crippen molar-refractivity contribution >= 4 is 29.0 Å². The molecular formula is C18H18FN3OS2. The third kappa shape index (κ3) is 4.80. The molecular weight excluding hydrogens is 357 g/mol. The summed E-state index contributed by atoms with van der Waals surface area (Å²) in [6.07, 6.45) is 3.82. The van der Waals surface area contributed by atoms with Crippen LogP contribution in [0.1, 0.15) is 47.3 Å². The number of benzene rings is 1. The number of aromatic nitrogens is 1. The molecule has 2 aromatic rings. The van der Waals surface area contributed by atoms with Crippen LogP contribution in [0.25, 0.3) is 0 Å². The first-order valence-corrected chi connectivity index (χ1v) is 9.90. The molecule has 1 aromatic heterocycles. The number of carbonyl (C=O) groups is 1. The first-order valence-electron chi connectivity index (χ1n) is 8.14. The van der Waals surface area contributed by atoms with Crippen LogP contribution >= 0.6 is 23.1 Å². The summed E-state index contributed by atoms with van der Waals surface area (Å²) in [5, 5.41) is 14.4. The highest BCUT2D eigenvalue weighted by atomic mass is 32.2. The van der Waals surface area contributed by atoms with Crippen molar-refractivity contribution < 1.29 is 9.18 Å². The van der Waals surface area contributed by atoms with Crippen LogP contribution in [-0.4, -0.2) is 22.2 Å². The largest absolute Gasteiger partial charge is 0.349 e. The Balaban J connectivity index is 1.52. The number of hydrogen-bond acceptors (Lipinski definition) is 5. The molecule has 0 unspecified atom stereocenters. The maximum Gasteiger partial charge on any atom is 0.251 e. The first-order chi connectivity index (χ1) is 12.0. The van der Waals surface area contributed by atoms with Crippen LogP contribution in [0.15, 0.2) is 27.9 Å². The van der Waals surface area contributed by atoms with Gasteiger partial charge in [-0.2, -0.15) is 5.26 Å². The van der Waals surface area contributed by atoms with Crippen molar-refractivity contribution in [2.24, 2.45) is 0 Å². The summed E-state index contributed by atoms with van der Waals surface area (Å²) in [6.45, 7) is 2.00. The molecule has 1 aromatic carbocycles. The molecule has 25 heavy (non-hydrogen) atoms. The zero-order chi connectivity index (χ0) is 17.8. The van der Waals surface area contributed by atoms with Gasteiger partial charge in [0.05, 0.1) is 11.6 Å². The van der Waals surface area contributed by atoms with Crippen LogP contribution in [0.3, 0.4) is 0 Å². The van der Waals surface area contributed by atoms with Gasteiger partial charge in [0.15, 0.2) is 0 Å². The zero-order valence-electron chi connectivity index (χ0n) is 13.8. The quantitative estimate of drug-likeness (QED) is 0.865. The SMILES string of the molecule is Cc1csc(SC2CCC(NC(=O)c3cc(F)cc(C#N)c3)CC2)n1. The van der Waals surface area contributed by atoms with Gasteiger partial charge in [-0.05, 0) is 50.8 Å². The Morgan fingerprint density at radius 1 is 1.36 bits per heavy atom. The van der Waals surface area contributed by atoms with Crippen molar-refractivity contribution in [1.29, 1.82) is 5.26 Å². The molecule has 130 valence electrons. The number of hydrogen-bond donors (Lipinski definition) is 1. The normalized spacial score (nSPS) is 20.0. The lowest BCUT2D eigenvalue weighted by molar-refractivity contribution is 0.0927. The van der Waals surface area contributed by atoms with Crippen LogP contribution < -0.4 is 5.32 Å². The number of thiazole rings is 1. The van der Waals surface area contributed by atoms with E-state index in [-0.39, 0.29) is 23.1 Å². The fourth-order valence-corrected chi connectivity index (χ4v) is 5.19. The lowest BCUT2D eigenvalue weighted by Gasteiger charge is -2.28. The number of nitrogens with one attached hydrogen (secondary N) is 1. The standard InChI is InChI=1S/C18H18FN3OS2/c1-11-10-24-18(21-11)25-16-4-2-15(3-5-16)22-17(23)13-6-12(9-20)7-14(19)8-13/h6-8,10,15-16H,2-5H2,1H3,(H,22,23). The molecule has 3 rings (SSSR count). The summed E-state index contributed by atoms with van der Waals surface area (Å²) in [5.41, 5.74) is 1.41. The Morgan fingerprint density at radius 3 is 2.76 bits per heavy atom. The van der Waals surface area contributed by atoms with Crippen molar-refractivity contribution in [1.82, 2.24) is 10.3 Å². The van der Waals surface area contributed by atoms with Crippen molar-refractivity contribution in [3.63, 3.8) is 0 Å². The fourth-order valence-electron chi connectivity index (χ4n) is 2.91. The van der Waals surface area contributed by atoms with Gasteiger partial charge in [0.1, 0.15) is 10.2 Å². The van der Waals surface area contributed by atoms with Crippen molar-refractivity contribution in [3.8, 4) is 6.07 Å². The predicted octanol–water partition coefficient (Wildman–Crippen LogP) is 4.30. The van der Waals surface area contributed by atoms with Gasteiger partial charge < -0.3 is 5.32 Å². The second-order valence-electron chi connectivity index (χ2n) is 6.16. The Bertz CT molecular complexity index is 807. The molecule has 1 N–H and O–H groups in total. The summed E-state index contributed by atoms with van der Waals surface area (Å²) in [6, 6.07) is 5.68. The van der Waals surface area contributed by atoms with Crippen LogP contribution in [0.5, 0.6) is 0 Å². The van der Waals surface area contributed by atoms with E-state index in [9.17, 15) is 9.18 Å². The lowest BCUT2D eigenvalue weighted by atomic mass is 9.94. The molecule has 0 saturated heterocycles. The summed E-state index contributed by atoms with van der Waals surface area (Å²) in [7, 11) is 0. The molecule has 0 bridgehead atoms. The molecule has 1 fully saturated rings. The molecule has 0 spiro atoms. The predicted molar refractivity (Wildman–Crippen MR) is 97.3 cm³/mol. The summed E-state index contributed by atoms with van der Waals surface area (Å²) in [4.78, 5) is 16.8. The number of halogens is 1. The highest BCUT2D eigenvalue weighted by Gasteiger charge is 2.24. The van der Waals surface area contributed by atoms with E-state index in [4.69, 9.17) is 5.26 Å². The monoisotopic (exact) mass is 375 g/mol. The molecule has 4 nitrogen and oxygen atoms in total. The van der Waals surface area contributed by atoms with Gasteiger partial charge >= 0.3 is 0 Å². The molecule has 1 heterocycles. The van der Waals surface area contributed by atoms with Crippen molar-refractivity contribution in [2.75, 3.05) is 0 Å². The van der Waals surface area contributed by atoms with Crippen LogP contribution in [-0.2, 0) is 0 Å². The summed E-state index contributed by atoms with van der Waals surface area (Å²) >= 11 is 3.50. The molecule has 1 saturated carbocycles. The Kier molecular flexibility index (Phi) is 5.71. The van der Waals surface area contributed by atoms with Gasteiger partial charge in [-0.1, -0.05) is 11.8 Å². The number of nitriles is 1. The molecule has 0 radical (unpaired) electrons. The second-order valence-corrected chi connectivity index (χ2v) is 8.57. The number of amides is 1. The number of thioether (sulfide) groups is 1. The van der Waals surface area contributed by atoms with E-state index in [1.54, 1.807) is 11.3 Å². The number of carbonyl (C=O) groups excluding carboxylic acids is 1. The molecule has 1 aliphatic carbocycles. The van der Waals surface area contributed by atoms with Gasteiger partial charge in [-0.25, -0.2) is 9.37 Å². The average Bonchev–Trinajstić information content (AvgIpc) is 3.01. The third-order valence-electron chi connectivity index (χ3n) is 4.16. The van der Waals surface area contributed by atoms with Gasteiger partial charge in [-0.15, -0.1) is 11.3 Å². The number of nitrogens with zero attached hydrogens (tertiary/aromatic N) is 2. The maximum absolute atomic E-state index is 13.5. The first kappa shape index (κ1) is 17.9. The van der Waals surface area contributed by atoms with E-state index >= 15 is 0 Å². The minimum Gasteiger partial charge on any atom is -0.349 e.